The van der Waals surface area contributed by atoms with Gasteiger partial charge in [-0.1, -0.05) is 290 Å². The van der Waals surface area contributed by atoms with Gasteiger partial charge in [-0.15, -0.1) is 0 Å². The summed E-state index contributed by atoms with van der Waals surface area (Å²) in [6.07, 6.45) is 58.1. The highest BCUT2D eigenvalue weighted by Crippen LogP contribution is 2.18. The Hall–Kier alpha value is -1.59. The molecule has 0 heterocycles. The molecule has 0 aliphatic rings. The minimum Gasteiger partial charge on any atom is -0.462 e. The second-order valence-electron chi connectivity index (χ2n) is 19.6. The highest BCUT2D eigenvalue weighted by atomic mass is 16.6. The summed E-state index contributed by atoms with van der Waals surface area (Å²) in [7, 11) is 0. The molecule has 0 unspecified atom stereocenters. The third-order valence-corrected chi connectivity index (χ3v) is 13.1. The van der Waals surface area contributed by atoms with Gasteiger partial charge in [0.15, 0.2) is 6.10 Å². The first kappa shape index (κ1) is 61.4. The van der Waals surface area contributed by atoms with E-state index in [0.717, 1.165) is 57.8 Å². The summed E-state index contributed by atoms with van der Waals surface area (Å²) < 4.78 is 16.8. The van der Waals surface area contributed by atoms with E-state index in [1.165, 1.54) is 231 Å². The second kappa shape index (κ2) is 53.0. The first-order chi connectivity index (χ1) is 31.0. The topological polar surface area (TPSA) is 78.9 Å². The van der Waals surface area contributed by atoms with Gasteiger partial charge in [0.2, 0.25) is 0 Å². The van der Waals surface area contributed by atoms with Crippen molar-refractivity contribution >= 4 is 17.9 Å². The molecule has 0 saturated heterocycles. The predicted octanol–water partition coefficient (Wildman–Crippen LogP) is 18.8. The molecule has 0 spiro atoms. The van der Waals surface area contributed by atoms with Crippen molar-refractivity contribution in [1.29, 1.82) is 0 Å². The lowest BCUT2D eigenvalue weighted by Gasteiger charge is -2.18. The van der Waals surface area contributed by atoms with Crippen molar-refractivity contribution in [2.45, 2.75) is 335 Å². The molecule has 0 saturated carbocycles. The molecule has 0 amide bonds. The Morgan fingerprint density at radius 1 is 0.254 bits per heavy atom. The summed E-state index contributed by atoms with van der Waals surface area (Å²) in [5.74, 6) is -0.837. The maximum atomic E-state index is 12.8. The molecule has 0 bridgehead atoms. The maximum absolute atomic E-state index is 12.8. The summed E-state index contributed by atoms with van der Waals surface area (Å²) in [5, 5.41) is 0. The molecule has 0 rings (SSSR count). The van der Waals surface area contributed by atoms with Crippen LogP contribution in [0, 0.1) is 0 Å². The average Bonchev–Trinajstić information content (AvgIpc) is 3.28. The van der Waals surface area contributed by atoms with Crippen molar-refractivity contribution in [2.24, 2.45) is 0 Å². The maximum Gasteiger partial charge on any atom is 0.306 e. The SMILES string of the molecule is CCCCCCCCCCCCCCCCCCCCCC(=O)OC[C@H](COC(=O)CCCCCCCCCCC)OC(=O)CCCCCCCCCCCCCCCCCCC. The Labute approximate surface area is 393 Å². The zero-order valence-electron chi connectivity index (χ0n) is 42.9. The van der Waals surface area contributed by atoms with E-state index in [1.54, 1.807) is 0 Å². The van der Waals surface area contributed by atoms with Crippen molar-refractivity contribution in [2.75, 3.05) is 13.2 Å². The third-order valence-electron chi connectivity index (χ3n) is 13.1. The predicted molar refractivity (Wildman–Crippen MR) is 270 cm³/mol. The molecule has 1 atom stereocenters. The molecule has 0 aromatic heterocycles. The van der Waals surface area contributed by atoms with E-state index in [1.807, 2.05) is 0 Å². The van der Waals surface area contributed by atoms with E-state index in [9.17, 15) is 14.4 Å². The van der Waals surface area contributed by atoms with Crippen molar-refractivity contribution in [3.63, 3.8) is 0 Å². The van der Waals surface area contributed by atoms with Crippen LogP contribution in [0.25, 0.3) is 0 Å². The molecule has 0 radical (unpaired) electrons. The molecular weight excluding hydrogens is 781 g/mol. The number of carbonyl (C=O) groups is 3. The van der Waals surface area contributed by atoms with Gasteiger partial charge in [-0.05, 0) is 19.3 Å². The van der Waals surface area contributed by atoms with Crippen LogP contribution in [0.3, 0.4) is 0 Å². The van der Waals surface area contributed by atoms with Crippen LogP contribution < -0.4 is 0 Å². The van der Waals surface area contributed by atoms with Crippen molar-refractivity contribution in [1.82, 2.24) is 0 Å². The van der Waals surface area contributed by atoms with E-state index in [4.69, 9.17) is 14.2 Å². The molecule has 63 heavy (non-hydrogen) atoms. The van der Waals surface area contributed by atoms with E-state index in [2.05, 4.69) is 20.8 Å². The van der Waals surface area contributed by atoms with Gasteiger partial charge in [0.05, 0.1) is 0 Å². The minimum atomic E-state index is -0.760. The summed E-state index contributed by atoms with van der Waals surface area (Å²) >= 11 is 0. The fourth-order valence-corrected chi connectivity index (χ4v) is 8.80. The lowest BCUT2D eigenvalue weighted by molar-refractivity contribution is -0.167. The highest BCUT2D eigenvalue weighted by Gasteiger charge is 2.19. The molecular formula is C57H110O6. The van der Waals surface area contributed by atoms with Gasteiger partial charge >= 0.3 is 17.9 Å². The van der Waals surface area contributed by atoms with Crippen LogP contribution in [0.2, 0.25) is 0 Å². The summed E-state index contributed by atoms with van der Waals surface area (Å²) in [6.45, 7) is 6.69. The number of ether oxygens (including phenoxy) is 3. The van der Waals surface area contributed by atoms with Gasteiger partial charge in [0.1, 0.15) is 13.2 Å². The van der Waals surface area contributed by atoms with Crippen LogP contribution in [0.1, 0.15) is 329 Å². The third kappa shape index (κ3) is 51.3. The molecule has 6 nitrogen and oxygen atoms in total. The first-order valence-corrected chi connectivity index (χ1v) is 28.5. The van der Waals surface area contributed by atoms with Crippen molar-refractivity contribution in [3.8, 4) is 0 Å². The fourth-order valence-electron chi connectivity index (χ4n) is 8.80. The zero-order chi connectivity index (χ0) is 45.8. The number of unbranched alkanes of at least 4 members (excludes halogenated alkanes) is 42. The summed E-state index contributed by atoms with van der Waals surface area (Å²) in [4.78, 5) is 38.0. The summed E-state index contributed by atoms with van der Waals surface area (Å²) in [6, 6.07) is 0. The van der Waals surface area contributed by atoms with Gasteiger partial charge in [-0.25, -0.2) is 0 Å². The number of carbonyl (C=O) groups excluding carboxylic acids is 3. The lowest BCUT2D eigenvalue weighted by Crippen LogP contribution is -2.30. The standard InChI is InChI=1S/C57H110O6/c1-4-7-10-13-16-19-21-23-25-27-28-30-31-33-35-38-41-44-47-50-56(59)62-53-54(52-61-55(58)49-46-43-40-37-18-15-12-9-6-3)63-57(60)51-48-45-42-39-36-34-32-29-26-24-22-20-17-14-11-8-5-2/h54H,4-53H2,1-3H3/t54-/m0/s1. The first-order valence-electron chi connectivity index (χ1n) is 28.5. The number of hydrogen-bond donors (Lipinski definition) is 0. The van der Waals surface area contributed by atoms with Gasteiger partial charge in [-0.2, -0.15) is 0 Å². The quantitative estimate of drug-likeness (QED) is 0.0344. The second-order valence-corrected chi connectivity index (χ2v) is 19.6. The van der Waals surface area contributed by atoms with Crippen LogP contribution in [-0.2, 0) is 28.6 Å². The monoisotopic (exact) mass is 891 g/mol. The average molecular weight is 892 g/mol. The van der Waals surface area contributed by atoms with Crippen molar-refractivity contribution < 1.29 is 28.6 Å². The Kier molecular flexibility index (Phi) is 51.7. The van der Waals surface area contributed by atoms with Gasteiger partial charge in [0, 0.05) is 19.3 Å². The fraction of sp³-hybridized carbons (Fsp3) is 0.947. The molecule has 0 N–H and O–H groups in total. The Bertz CT molecular complexity index is 936. The number of hydrogen-bond acceptors (Lipinski definition) is 6. The van der Waals surface area contributed by atoms with Gasteiger partial charge in [-0.3, -0.25) is 14.4 Å². The summed E-state index contributed by atoms with van der Waals surface area (Å²) in [5.41, 5.74) is 0. The van der Waals surface area contributed by atoms with E-state index in [-0.39, 0.29) is 31.1 Å². The molecule has 374 valence electrons. The zero-order valence-corrected chi connectivity index (χ0v) is 42.9. The minimum absolute atomic E-state index is 0.0615. The van der Waals surface area contributed by atoms with Gasteiger partial charge < -0.3 is 14.2 Å². The Morgan fingerprint density at radius 3 is 0.635 bits per heavy atom. The molecule has 0 fully saturated rings. The highest BCUT2D eigenvalue weighted by molar-refractivity contribution is 5.71. The largest absolute Gasteiger partial charge is 0.462 e. The number of esters is 3. The van der Waals surface area contributed by atoms with E-state index < -0.39 is 6.10 Å². The smallest absolute Gasteiger partial charge is 0.306 e. The molecule has 0 aliphatic carbocycles. The normalized spacial score (nSPS) is 11.9. The molecule has 0 aliphatic heterocycles. The Morgan fingerprint density at radius 2 is 0.429 bits per heavy atom. The lowest BCUT2D eigenvalue weighted by atomic mass is 10.0. The molecule has 0 aromatic rings. The molecule has 0 aromatic carbocycles. The van der Waals surface area contributed by atoms with Crippen molar-refractivity contribution in [3.05, 3.63) is 0 Å². The van der Waals surface area contributed by atoms with Crippen LogP contribution in [0.4, 0.5) is 0 Å². The van der Waals surface area contributed by atoms with E-state index in [0.29, 0.717) is 19.3 Å². The van der Waals surface area contributed by atoms with Gasteiger partial charge in [0.25, 0.3) is 0 Å². The van der Waals surface area contributed by atoms with Crippen LogP contribution in [-0.4, -0.2) is 37.2 Å². The Balaban J connectivity index is 4.20. The number of rotatable bonds is 53. The van der Waals surface area contributed by atoms with Crippen LogP contribution in [0.5, 0.6) is 0 Å². The van der Waals surface area contributed by atoms with Crippen LogP contribution >= 0.6 is 0 Å². The molecule has 6 heteroatoms. The van der Waals surface area contributed by atoms with Crippen LogP contribution in [0.15, 0.2) is 0 Å². The van der Waals surface area contributed by atoms with E-state index >= 15 is 0 Å².